The molecule has 0 aromatic heterocycles. The average molecular weight is 242 g/mol. The van der Waals surface area contributed by atoms with Gasteiger partial charge in [-0.25, -0.2) is 0 Å². The van der Waals surface area contributed by atoms with Gasteiger partial charge in [0.15, 0.2) is 0 Å². The van der Waals surface area contributed by atoms with Crippen LogP contribution in [-0.2, 0) is 4.74 Å². The van der Waals surface area contributed by atoms with Gasteiger partial charge in [-0.2, -0.15) is 0 Å². The summed E-state index contributed by atoms with van der Waals surface area (Å²) in [5, 5.41) is 17.6. The van der Waals surface area contributed by atoms with Crippen LogP contribution in [0.5, 0.6) is 0 Å². The molecule has 3 heteroatoms. The highest BCUT2D eigenvalue weighted by Crippen LogP contribution is 2.27. The zero-order chi connectivity index (χ0) is 12.9. The monoisotopic (exact) mass is 242 g/mol. The van der Waals surface area contributed by atoms with E-state index in [1.54, 1.807) is 12.5 Å². The number of rotatable bonds is 4. The predicted molar refractivity (Wildman–Crippen MR) is 70.3 cm³/mol. The highest BCUT2D eigenvalue weighted by Gasteiger charge is 2.19. The molecule has 3 nitrogen and oxygen atoms in total. The van der Waals surface area contributed by atoms with Crippen LogP contribution in [0.1, 0.15) is 39.5 Å². The molecular formula is C14H26O3. The van der Waals surface area contributed by atoms with E-state index in [1.165, 1.54) is 0 Å². The van der Waals surface area contributed by atoms with Gasteiger partial charge >= 0.3 is 0 Å². The maximum absolute atomic E-state index is 8.79. The fourth-order valence-electron chi connectivity index (χ4n) is 1.80. The van der Waals surface area contributed by atoms with E-state index in [9.17, 15) is 0 Å². The molecule has 0 saturated heterocycles. The summed E-state index contributed by atoms with van der Waals surface area (Å²) in [6, 6.07) is 0. The lowest BCUT2D eigenvalue weighted by Gasteiger charge is -2.25. The van der Waals surface area contributed by atoms with Crippen molar-refractivity contribution in [2.24, 2.45) is 11.8 Å². The normalized spacial score (nSPS) is 24.7. The molecule has 0 unspecified atom stereocenters. The van der Waals surface area contributed by atoms with Crippen molar-refractivity contribution in [1.29, 1.82) is 0 Å². The van der Waals surface area contributed by atoms with Gasteiger partial charge in [-0.3, -0.25) is 0 Å². The molecule has 1 fully saturated rings. The number of hydrogen-bond acceptors (Lipinski definition) is 3. The first kappa shape index (κ1) is 16.2. The van der Waals surface area contributed by atoms with E-state index in [4.69, 9.17) is 14.9 Å². The SMILES string of the molecule is CC=COC=CC.OCC1CCC(CO)CC1. The van der Waals surface area contributed by atoms with Crippen molar-refractivity contribution in [3.8, 4) is 0 Å². The van der Waals surface area contributed by atoms with Gasteiger partial charge in [-0.1, -0.05) is 12.2 Å². The Balaban J connectivity index is 0.000000325. The van der Waals surface area contributed by atoms with Crippen LogP contribution >= 0.6 is 0 Å². The van der Waals surface area contributed by atoms with Crippen molar-refractivity contribution in [2.45, 2.75) is 39.5 Å². The molecule has 0 amide bonds. The van der Waals surface area contributed by atoms with Gasteiger partial charge in [0, 0.05) is 13.2 Å². The summed E-state index contributed by atoms with van der Waals surface area (Å²) in [6.45, 7) is 4.48. The number of aliphatic hydroxyl groups is 2. The molecule has 0 aromatic rings. The van der Waals surface area contributed by atoms with E-state index in [-0.39, 0.29) is 0 Å². The van der Waals surface area contributed by atoms with Crippen molar-refractivity contribution in [3.05, 3.63) is 24.7 Å². The second-order valence-electron chi connectivity index (χ2n) is 4.33. The molecule has 0 radical (unpaired) electrons. The van der Waals surface area contributed by atoms with Gasteiger partial charge in [-0.05, 0) is 51.4 Å². The molecule has 1 saturated carbocycles. The number of allylic oxidation sites excluding steroid dienone is 2. The molecule has 0 heterocycles. The second-order valence-corrected chi connectivity index (χ2v) is 4.33. The summed E-state index contributed by atoms with van der Waals surface area (Å²) in [7, 11) is 0. The van der Waals surface area contributed by atoms with E-state index >= 15 is 0 Å². The molecule has 0 spiro atoms. The van der Waals surface area contributed by atoms with Crippen LogP contribution in [0.3, 0.4) is 0 Å². The van der Waals surface area contributed by atoms with E-state index in [1.807, 2.05) is 26.0 Å². The van der Waals surface area contributed by atoms with Crippen LogP contribution in [0.15, 0.2) is 24.7 Å². The topological polar surface area (TPSA) is 49.7 Å². The molecule has 0 atom stereocenters. The first-order valence-corrected chi connectivity index (χ1v) is 6.37. The molecule has 2 N–H and O–H groups in total. The van der Waals surface area contributed by atoms with Crippen LogP contribution in [0.4, 0.5) is 0 Å². The summed E-state index contributed by atoms with van der Waals surface area (Å²) in [4.78, 5) is 0. The summed E-state index contributed by atoms with van der Waals surface area (Å²) in [5.41, 5.74) is 0. The van der Waals surface area contributed by atoms with Gasteiger partial charge in [0.2, 0.25) is 0 Å². The highest BCUT2D eigenvalue weighted by atomic mass is 16.5. The minimum atomic E-state index is 0.331. The summed E-state index contributed by atoms with van der Waals surface area (Å²) in [5.74, 6) is 1.03. The van der Waals surface area contributed by atoms with Gasteiger partial charge in [0.25, 0.3) is 0 Å². The zero-order valence-electron chi connectivity index (χ0n) is 11.0. The zero-order valence-corrected chi connectivity index (χ0v) is 11.0. The lowest BCUT2D eigenvalue weighted by atomic mass is 9.83. The summed E-state index contributed by atoms with van der Waals surface area (Å²) < 4.78 is 4.77. The van der Waals surface area contributed by atoms with Gasteiger partial charge in [0.05, 0.1) is 12.5 Å². The van der Waals surface area contributed by atoms with Crippen LogP contribution in [0.25, 0.3) is 0 Å². The summed E-state index contributed by atoms with van der Waals surface area (Å²) in [6.07, 6.45) is 11.3. The summed E-state index contributed by atoms with van der Waals surface area (Å²) >= 11 is 0. The van der Waals surface area contributed by atoms with E-state index in [2.05, 4.69) is 0 Å². The Morgan fingerprint density at radius 2 is 1.24 bits per heavy atom. The highest BCUT2D eigenvalue weighted by molar-refractivity contribution is 4.73. The number of hydrogen-bond donors (Lipinski definition) is 2. The lowest BCUT2D eigenvalue weighted by molar-refractivity contribution is 0.131. The van der Waals surface area contributed by atoms with Crippen molar-refractivity contribution in [1.82, 2.24) is 0 Å². The molecule has 100 valence electrons. The average Bonchev–Trinajstić information content (AvgIpc) is 2.40. The number of ether oxygens (including phenoxy) is 1. The Morgan fingerprint density at radius 3 is 1.47 bits per heavy atom. The third kappa shape index (κ3) is 8.95. The molecule has 1 aliphatic carbocycles. The largest absolute Gasteiger partial charge is 0.473 e. The molecule has 17 heavy (non-hydrogen) atoms. The van der Waals surface area contributed by atoms with Crippen LogP contribution < -0.4 is 0 Å². The van der Waals surface area contributed by atoms with Crippen LogP contribution in [0.2, 0.25) is 0 Å². The third-order valence-corrected chi connectivity index (χ3v) is 2.91. The molecule has 0 aromatic carbocycles. The van der Waals surface area contributed by atoms with Gasteiger partial charge < -0.3 is 14.9 Å². The van der Waals surface area contributed by atoms with Crippen LogP contribution in [-0.4, -0.2) is 23.4 Å². The van der Waals surface area contributed by atoms with Gasteiger partial charge in [-0.15, -0.1) is 0 Å². The van der Waals surface area contributed by atoms with Gasteiger partial charge in [0.1, 0.15) is 0 Å². The van der Waals surface area contributed by atoms with E-state index in [0.717, 1.165) is 25.7 Å². The maximum Gasteiger partial charge on any atom is 0.0858 e. The Kier molecular flexibility index (Phi) is 11.1. The van der Waals surface area contributed by atoms with Crippen molar-refractivity contribution >= 4 is 0 Å². The smallest absolute Gasteiger partial charge is 0.0858 e. The third-order valence-electron chi connectivity index (χ3n) is 2.91. The molecule has 0 bridgehead atoms. The first-order valence-electron chi connectivity index (χ1n) is 6.37. The Hall–Kier alpha value is -0.800. The molecule has 1 aliphatic rings. The fraction of sp³-hybridized carbons (Fsp3) is 0.714. The quantitative estimate of drug-likeness (QED) is 0.745. The molecular weight excluding hydrogens is 216 g/mol. The molecule has 1 rings (SSSR count). The fourth-order valence-corrected chi connectivity index (χ4v) is 1.80. The maximum atomic E-state index is 8.79. The minimum absolute atomic E-state index is 0.331. The Morgan fingerprint density at radius 1 is 0.882 bits per heavy atom. The van der Waals surface area contributed by atoms with Crippen molar-refractivity contribution < 1.29 is 14.9 Å². The van der Waals surface area contributed by atoms with Crippen molar-refractivity contribution in [2.75, 3.05) is 13.2 Å². The molecule has 0 aliphatic heterocycles. The van der Waals surface area contributed by atoms with Crippen molar-refractivity contribution in [3.63, 3.8) is 0 Å². The Labute approximate surface area is 105 Å². The Bertz CT molecular complexity index is 182. The minimum Gasteiger partial charge on any atom is -0.473 e. The van der Waals surface area contributed by atoms with E-state index in [0.29, 0.717) is 25.0 Å². The first-order chi connectivity index (χ1) is 8.28. The standard InChI is InChI=1S/C8H16O2.C6H10O/c9-5-7-1-2-8(6-10)4-3-7;1-3-5-7-6-4-2/h7-10H,1-6H2;3-6H,1-2H3. The van der Waals surface area contributed by atoms with Crippen LogP contribution in [0, 0.1) is 11.8 Å². The van der Waals surface area contributed by atoms with E-state index < -0.39 is 0 Å². The lowest BCUT2D eigenvalue weighted by Crippen LogP contribution is -2.19. The second kappa shape index (κ2) is 11.7. The number of aliphatic hydroxyl groups excluding tert-OH is 2. The predicted octanol–water partition coefficient (Wildman–Crippen LogP) is 2.85.